The van der Waals surface area contributed by atoms with Crippen LogP contribution in [-0.4, -0.2) is 38.6 Å². The second-order valence-electron chi connectivity index (χ2n) is 6.50. The average molecular weight is 442 g/mol. The second kappa shape index (κ2) is 10.3. The summed E-state index contributed by atoms with van der Waals surface area (Å²) in [6.45, 7) is 1.85. The topological polar surface area (TPSA) is 88.9 Å². The molecule has 9 heteroatoms. The smallest absolute Gasteiger partial charge is 0.251 e. The van der Waals surface area contributed by atoms with Gasteiger partial charge in [0.2, 0.25) is 5.91 Å². The minimum atomic E-state index is -0.327. The maximum absolute atomic E-state index is 12.4. The van der Waals surface area contributed by atoms with Gasteiger partial charge in [-0.05, 0) is 37.4 Å². The third-order valence-corrected chi connectivity index (χ3v) is 6.17. The van der Waals surface area contributed by atoms with Gasteiger partial charge >= 0.3 is 0 Å². The third-order valence-electron chi connectivity index (χ3n) is 4.35. The van der Waals surface area contributed by atoms with Gasteiger partial charge in [0.1, 0.15) is 0 Å². The van der Waals surface area contributed by atoms with Gasteiger partial charge < -0.3 is 15.2 Å². The molecular weight excluding hydrogens is 418 g/mol. The molecule has 1 atom stereocenters. The number of hydrogen-bond donors (Lipinski definition) is 2. The molecule has 1 heterocycles. The number of thioether (sulfide) groups is 2. The fourth-order valence-electron chi connectivity index (χ4n) is 2.83. The summed E-state index contributed by atoms with van der Waals surface area (Å²) in [6, 6.07) is 16.4. The van der Waals surface area contributed by atoms with Crippen LogP contribution in [-0.2, 0) is 11.8 Å². The van der Waals surface area contributed by atoms with Gasteiger partial charge in [-0.3, -0.25) is 9.59 Å². The van der Waals surface area contributed by atoms with E-state index in [2.05, 4.69) is 20.8 Å². The van der Waals surface area contributed by atoms with E-state index in [4.69, 9.17) is 0 Å². The van der Waals surface area contributed by atoms with E-state index in [0.29, 0.717) is 16.5 Å². The molecular formula is C21H23N5O2S2. The van der Waals surface area contributed by atoms with E-state index in [1.54, 1.807) is 28.5 Å². The van der Waals surface area contributed by atoms with Crippen LogP contribution in [0.4, 0.5) is 5.69 Å². The fourth-order valence-corrected chi connectivity index (χ4v) is 4.10. The molecule has 0 saturated carbocycles. The van der Waals surface area contributed by atoms with Gasteiger partial charge in [-0.1, -0.05) is 42.1 Å². The lowest BCUT2D eigenvalue weighted by molar-refractivity contribution is -0.113. The zero-order valence-corrected chi connectivity index (χ0v) is 18.6. The van der Waals surface area contributed by atoms with Crippen LogP contribution >= 0.6 is 23.5 Å². The molecule has 1 aromatic heterocycles. The van der Waals surface area contributed by atoms with Gasteiger partial charge in [-0.2, -0.15) is 0 Å². The van der Waals surface area contributed by atoms with Crippen molar-refractivity contribution in [3.05, 3.63) is 66.0 Å². The molecule has 0 unspecified atom stereocenters. The van der Waals surface area contributed by atoms with E-state index in [1.165, 1.54) is 11.8 Å². The molecule has 156 valence electrons. The highest BCUT2D eigenvalue weighted by Crippen LogP contribution is 2.25. The summed E-state index contributed by atoms with van der Waals surface area (Å²) in [4.78, 5) is 25.7. The Morgan fingerprint density at radius 1 is 1.07 bits per heavy atom. The van der Waals surface area contributed by atoms with Crippen LogP contribution in [0.1, 0.15) is 29.1 Å². The molecule has 0 spiro atoms. The minimum Gasteiger partial charge on any atom is -0.342 e. The first-order valence-electron chi connectivity index (χ1n) is 9.30. The number of benzene rings is 2. The van der Waals surface area contributed by atoms with Gasteiger partial charge in [-0.25, -0.2) is 0 Å². The van der Waals surface area contributed by atoms with Crippen molar-refractivity contribution in [2.45, 2.75) is 23.0 Å². The first-order chi connectivity index (χ1) is 14.5. The Bertz CT molecular complexity index is 1020. The molecule has 30 heavy (non-hydrogen) atoms. The van der Waals surface area contributed by atoms with E-state index in [1.807, 2.05) is 62.7 Å². The zero-order chi connectivity index (χ0) is 21.5. The largest absolute Gasteiger partial charge is 0.342 e. The number of nitrogens with zero attached hydrogens (tertiary/aromatic N) is 3. The number of carbonyl (C=O) groups is 2. The molecule has 2 amide bonds. The van der Waals surface area contributed by atoms with Crippen LogP contribution < -0.4 is 10.6 Å². The van der Waals surface area contributed by atoms with Gasteiger partial charge in [0, 0.05) is 17.5 Å². The molecule has 0 aliphatic rings. The van der Waals surface area contributed by atoms with Gasteiger partial charge in [0.05, 0.1) is 17.5 Å². The van der Waals surface area contributed by atoms with Gasteiger partial charge in [0.25, 0.3) is 5.91 Å². The monoisotopic (exact) mass is 441 g/mol. The Balaban J connectivity index is 1.58. The lowest BCUT2D eigenvalue weighted by Crippen LogP contribution is -2.28. The molecule has 0 saturated heterocycles. The van der Waals surface area contributed by atoms with Crippen LogP contribution in [0, 0.1) is 0 Å². The average Bonchev–Trinajstić information content (AvgIpc) is 3.13. The van der Waals surface area contributed by atoms with E-state index >= 15 is 0 Å². The van der Waals surface area contributed by atoms with Crippen molar-refractivity contribution in [1.29, 1.82) is 0 Å². The van der Waals surface area contributed by atoms with Gasteiger partial charge in [0.15, 0.2) is 11.0 Å². The Morgan fingerprint density at radius 2 is 1.77 bits per heavy atom. The molecule has 7 nitrogen and oxygen atoms in total. The third kappa shape index (κ3) is 5.43. The number of anilines is 1. The summed E-state index contributed by atoms with van der Waals surface area (Å²) < 4.78 is 1.80. The quantitative estimate of drug-likeness (QED) is 0.518. The van der Waals surface area contributed by atoms with Crippen molar-refractivity contribution in [3.63, 3.8) is 0 Å². The standard InChI is InChI=1S/C21H23N5O2S2/c1-14(22-20(28)15-9-5-4-6-10-15)19-24-25-21(26(19)2)30-13-18(27)23-16-11-7-8-12-17(16)29-3/h4-12,14H,13H2,1-3H3,(H,22,28)(H,23,27)/t14-/m0/s1. The van der Waals surface area contributed by atoms with Crippen LogP contribution in [0.2, 0.25) is 0 Å². The SMILES string of the molecule is CSc1ccccc1NC(=O)CSc1nnc([C@H](C)NC(=O)c2ccccc2)n1C. The number of nitrogens with one attached hydrogen (secondary N) is 2. The van der Waals surface area contributed by atoms with Crippen LogP contribution in [0.3, 0.4) is 0 Å². The van der Waals surface area contributed by atoms with Crippen LogP contribution in [0.25, 0.3) is 0 Å². The summed E-state index contributed by atoms with van der Waals surface area (Å²) in [5, 5.41) is 14.8. The van der Waals surface area contributed by atoms with E-state index in [9.17, 15) is 9.59 Å². The summed E-state index contributed by atoms with van der Waals surface area (Å²) in [5.74, 6) is 0.540. The number of amides is 2. The van der Waals surface area contributed by atoms with Gasteiger partial charge in [-0.15, -0.1) is 22.0 Å². The molecule has 0 aliphatic carbocycles. The molecule has 3 aromatic rings. The summed E-state index contributed by atoms with van der Waals surface area (Å²) in [5.41, 5.74) is 1.38. The summed E-state index contributed by atoms with van der Waals surface area (Å²) in [7, 11) is 1.82. The molecule has 0 fully saturated rings. The normalized spacial score (nSPS) is 11.7. The number of hydrogen-bond acceptors (Lipinski definition) is 6. The Morgan fingerprint density at radius 3 is 2.50 bits per heavy atom. The highest BCUT2D eigenvalue weighted by Gasteiger charge is 2.19. The minimum absolute atomic E-state index is 0.114. The van der Waals surface area contributed by atoms with Crippen molar-refractivity contribution >= 4 is 41.0 Å². The highest BCUT2D eigenvalue weighted by atomic mass is 32.2. The predicted molar refractivity (Wildman–Crippen MR) is 121 cm³/mol. The zero-order valence-electron chi connectivity index (χ0n) is 17.0. The second-order valence-corrected chi connectivity index (χ2v) is 8.29. The van der Waals surface area contributed by atoms with E-state index < -0.39 is 0 Å². The van der Waals surface area contributed by atoms with E-state index in [-0.39, 0.29) is 23.6 Å². The number of carbonyl (C=O) groups excluding carboxylic acids is 2. The predicted octanol–water partition coefficient (Wildman–Crippen LogP) is 3.76. The first kappa shape index (κ1) is 21.9. The number of para-hydroxylation sites is 1. The van der Waals surface area contributed by atoms with Crippen molar-refractivity contribution in [3.8, 4) is 0 Å². The lowest BCUT2D eigenvalue weighted by Gasteiger charge is -2.13. The van der Waals surface area contributed by atoms with Crippen molar-refractivity contribution < 1.29 is 9.59 Å². The first-order valence-corrected chi connectivity index (χ1v) is 11.5. The lowest BCUT2D eigenvalue weighted by atomic mass is 10.2. The molecule has 3 rings (SSSR count). The Labute approximate surface area is 184 Å². The van der Waals surface area contributed by atoms with E-state index in [0.717, 1.165) is 10.6 Å². The summed E-state index contributed by atoms with van der Waals surface area (Å²) >= 11 is 2.88. The molecule has 0 bridgehead atoms. The maximum Gasteiger partial charge on any atom is 0.251 e. The molecule has 0 aliphatic heterocycles. The van der Waals surface area contributed by atoms with Crippen molar-refractivity contribution in [1.82, 2.24) is 20.1 Å². The molecule has 0 radical (unpaired) electrons. The number of rotatable bonds is 8. The summed E-state index contributed by atoms with van der Waals surface area (Å²) in [6.07, 6.45) is 1.97. The van der Waals surface area contributed by atoms with Crippen LogP contribution in [0.5, 0.6) is 0 Å². The highest BCUT2D eigenvalue weighted by molar-refractivity contribution is 7.99. The molecule has 2 aromatic carbocycles. The van der Waals surface area contributed by atoms with Crippen LogP contribution in [0.15, 0.2) is 64.6 Å². The fraction of sp³-hybridized carbons (Fsp3) is 0.238. The molecule has 2 N–H and O–H groups in total. The van der Waals surface area contributed by atoms with Crippen molar-refractivity contribution in [2.24, 2.45) is 7.05 Å². The maximum atomic E-state index is 12.4. The van der Waals surface area contributed by atoms with Crippen molar-refractivity contribution in [2.75, 3.05) is 17.3 Å². The number of aromatic nitrogens is 3. The Kier molecular flexibility index (Phi) is 7.53. The Hall–Kier alpha value is -2.78.